The first-order valence-corrected chi connectivity index (χ1v) is 6.96. The smallest absolute Gasteiger partial charge is 0.409 e. The molecule has 7 heteroatoms. The second-order valence-electron chi connectivity index (χ2n) is 5.31. The van der Waals surface area contributed by atoms with E-state index in [0.717, 1.165) is 13.1 Å². The summed E-state index contributed by atoms with van der Waals surface area (Å²) in [4.78, 5) is 15.7. The van der Waals surface area contributed by atoms with Crippen molar-refractivity contribution in [3.8, 4) is 0 Å². The van der Waals surface area contributed by atoms with Crippen molar-refractivity contribution in [2.24, 2.45) is 0 Å². The zero-order valence-electron chi connectivity index (χ0n) is 10.9. The molecule has 1 aliphatic heterocycles. The molecule has 4 nitrogen and oxygen atoms in total. The number of hydrogen-bond acceptors (Lipinski definition) is 3. The van der Waals surface area contributed by atoms with Crippen LogP contribution in [0, 0.1) is 0 Å². The predicted octanol–water partition coefficient (Wildman–Crippen LogP) is 2.91. The van der Waals surface area contributed by atoms with E-state index >= 15 is 0 Å². The first-order chi connectivity index (χ1) is 8.09. The lowest BCUT2D eigenvalue weighted by Crippen LogP contribution is -2.54. The SMILES string of the molecule is CC(C)(C)N1CCN(C(=O)OCC(Cl)(Cl)Cl)CC1. The van der Waals surface area contributed by atoms with Crippen LogP contribution in [0.1, 0.15) is 20.8 Å². The van der Waals surface area contributed by atoms with Crippen LogP contribution in [-0.2, 0) is 4.74 Å². The van der Waals surface area contributed by atoms with Gasteiger partial charge in [0.1, 0.15) is 6.61 Å². The third-order valence-corrected chi connectivity index (χ3v) is 3.17. The summed E-state index contributed by atoms with van der Waals surface area (Å²) in [6.45, 7) is 9.16. The molecule has 1 heterocycles. The molecular formula is C11H19Cl3N2O2. The standard InChI is InChI=1S/C11H19Cl3N2O2/c1-10(2,3)16-6-4-15(5-7-16)9(17)18-8-11(12,13)14/h4-8H2,1-3H3. The van der Waals surface area contributed by atoms with Crippen LogP contribution in [0.2, 0.25) is 0 Å². The monoisotopic (exact) mass is 316 g/mol. The molecule has 1 saturated heterocycles. The Balaban J connectivity index is 2.37. The molecule has 0 N–H and O–H groups in total. The van der Waals surface area contributed by atoms with Crippen LogP contribution in [0.25, 0.3) is 0 Å². The summed E-state index contributed by atoms with van der Waals surface area (Å²) in [5.74, 6) is 0. The van der Waals surface area contributed by atoms with E-state index in [1.54, 1.807) is 4.90 Å². The summed E-state index contributed by atoms with van der Waals surface area (Å²) in [5, 5.41) is 0. The lowest BCUT2D eigenvalue weighted by molar-refractivity contribution is 0.0464. The Bertz CT molecular complexity index is 292. The molecule has 106 valence electrons. The lowest BCUT2D eigenvalue weighted by Gasteiger charge is -2.41. The first-order valence-electron chi connectivity index (χ1n) is 5.83. The summed E-state index contributed by atoms with van der Waals surface area (Å²) < 4.78 is 3.39. The molecular weight excluding hydrogens is 298 g/mol. The van der Waals surface area contributed by atoms with E-state index in [9.17, 15) is 4.79 Å². The zero-order valence-corrected chi connectivity index (χ0v) is 13.1. The molecule has 1 amide bonds. The van der Waals surface area contributed by atoms with E-state index in [1.165, 1.54) is 0 Å². The van der Waals surface area contributed by atoms with Crippen molar-refractivity contribution in [2.75, 3.05) is 32.8 Å². The van der Waals surface area contributed by atoms with E-state index in [1.807, 2.05) is 0 Å². The van der Waals surface area contributed by atoms with Crippen molar-refractivity contribution >= 4 is 40.9 Å². The van der Waals surface area contributed by atoms with Gasteiger partial charge in [-0.25, -0.2) is 4.79 Å². The highest BCUT2D eigenvalue weighted by Gasteiger charge is 2.29. The van der Waals surface area contributed by atoms with Gasteiger partial charge in [0.05, 0.1) is 0 Å². The summed E-state index contributed by atoms with van der Waals surface area (Å²) >= 11 is 16.6. The van der Waals surface area contributed by atoms with Crippen LogP contribution in [0.3, 0.4) is 0 Å². The van der Waals surface area contributed by atoms with E-state index in [2.05, 4.69) is 25.7 Å². The average molecular weight is 318 g/mol. The summed E-state index contributed by atoms with van der Waals surface area (Å²) in [6, 6.07) is 0. The Kier molecular flexibility index (Phi) is 5.42. The van der Waals surface area contributed by atoms with Crippen molar-refractivity contribution < 1.29 is 9.53 Å². The Morgan fingerprint density at radius 2 is 1.61 bits per heavy atom. The molecule has 0 aromatic heterocycles. The van der Waals surface area contributed by atoms with Gasteiger partial charge in [-0.05, 0) is 20.8 Å². The summed E-state index contributed by atoms with van der Waals surface area (Å²) in [7, 11) is 0. The maximum Gasteiger partial charge on any atom is 0.409 e. The molecule has 1 rings (SSSR count). The minimum absolute atomic E-state index is 0.119. The summed E-state index contributed by atoms with van der Waals surface area (Å²) in [5.41, 5.74) is 0.119. The van der Waals surface area contributed by atoms with E-state index < -0.39 is 9.89 Å². The summed E-state index contributed by atoms with van der Waals surface area (Å²) in [6.07, 6.45) is -0.421. The number of piperazine rings is 1. The lowest BCUT2D eigenvalue weighted by atomic mass is 10.1. The van der Waals surface area contributed by atoms with Gasteiger partial charge in [-0.2, -0.15) is 0 Å². The van der Waals surface area contributed by atoms with Gasteiger partial charge in [-0.15, -0.1) is 0 Å². The number of halogens is 3. The van der Waals surface area contributed by atoms with Gasteiger partial charge < -0.3 is 9.64 Å². The fourth-order valence-corrected chi connectivity index (χ4v) is 1.96. The van der Waals surface area contributed by atoms with E-state index in [4.69, 9.17) is 39.5 Å². The number of nitrogens with zero attached hydrogens (tertiary/aromatic N) is 2. The highest BCUT2D eigenvalue weighted by atomic mass is 35.6. The Morgan fingerprint density at radius 1 is 1.11 bits per heavy atom. The maximum absolute atomic E-state index is 11.7. The number of ether oxygens (including phenoxy) is 1. The van der Waals surface area contributed by atoms with Crippen molar-refractivity contribution in [3.05, 3.63) is 0 Å². The van der Waals surface area contributed by atoms with Crippen molar-refractivity contribution in [1.29, 1.82) is 0 Å². The Hall–Kier alpha value is 0.1000. The van der Waals surface area contributed by atoms with E-state index in [0.29, 0.717) is 13.1 Å². The molecule has 1 aliphatic rings. The highest BCUT2D eigenvalue weighted by molar-refractivity contribution is 6.67. The molecule has 18 heavy (non-hydrogen) atoms. The normalized spacial score (nSPS) is 18.9. The molecule has 0 bridgehead atoms. The molecule has 0 radical (unpaired) electrons. The number of carbonyl (C=O) groups is 1. The maximum atomic E-state index is 11.7. The fourth-order valence-electron chi connectivity index (χ4n) is 1.79. The zero-order chi connectivity index (χ0) is 14.0. The van der Waals surface area contributed by atoms with Crippen LogP contribution >= 0.6 is 34.8 Å². The van der Waals surface area contributed by atoms with Gasteiger partial charge in [0.15, 0.2) is 0 Å². The third kappa shape index (κ3) is 5.39. The first kappa shape index (κ1) is 16.2. The molecule has 0 atom stereocenters. The van der Waals surface area contributed by atoms with Crippen molar-refractivity contribution in [1.82, 2.24) is 9.80 Å². The van der Waals surface area contributed by atoms with Gasteiger partial charge in [0.25, 0.3) is 0 Å². The van der Waals surface area contributed by atoms with Crippen LogP contribution in [0.5, 0.6) is 0 Å². The Labute approximate surface area is 123 Å². The number of carbonyl (C=O) groups excluding carboxylic acids is 1. The van der Waals surface area contributed by atoms with Gasteiger partial charge >= 0.3 is 6.09 Å². The largest absolute Gasteiger partial charge is 0.445 e. The van der Waals surface area contributed by atoms with Crippen LogP contribution in [0.15, 0.2) is 0 Å². The molecule has 0 saturated carbocycles. The Morgan fingerprint density at radius 3 is 2.00 bits per heavy atom. The second-order valence-corrected chi connectivity index (χ2v) is 7.83. The molecule has 0 spiro atoms. The third-order valence-electron chi connectivity index (χ3n) is 2.85. The van der Waals surface area contributed by atoms with Crippen molar-refractivity contribution in [3.63, 3.8) is 0 Å². The van der Waals surface area contributed by atoms with Gasteiger partial charge in [-0.1, -0.05) is 34.8 Å². The van der Waals surface area contributed by atoms with Gasteiger partial charge in [-0.3, -0.25) is 4.90 Å². The van der Waals surface area contributed by atoms with Crippen LogP contribution in [-0.4, -0.2) is 58.0 Å². The predicted molar refractivity (Wildman–Crippen MR) is 74.5 cm³/mol. The topological polar surface area (TPSA) is 32.8 Å². The second kappa shape index (κ2) is 6.04. The quantitative estimate of drug-likeness (QED) is 0.697. The number of rotatable bonds is 1. The van der Waals surface area contributed by atoms with Gasteiger partial charge in [0, 0.05) is 31.7 Å². The number of alkyl halides is 3. The fraction of sp³-hybridized carbons (Fsp3) is 0.909. The highest BCUT2D eigenvalue weighted by Crippen LogP contribution is 2.26. The molecule has 0 aromatic rings. The minimum Gasteiger partial charge on any atom is -0.445 e. The molecule has 0 aliphatic carbocycles. The minimum atomic E-state index is -1.55. The average Bonchev–Trinajstić information content (AvgIpc) is 2.24. The number of hydrogen-bond donors (Lipinski definition) is 0. The van der Waals surface area contributed by atoms with Crippen LogP contribution in [0.4, 0.5) is 4.79 Å². The molecule has 1 fully saturated rings. The van der Waals surface area contributed by atoms with Crippen LogP contribution < -0.4 is 0 Å². The molecule has 0 aromatic carbocycles. The van der Waals surface area contributed by atoms with Crippen molar-refractivity contribution in [2.45, 2.75) is 30.1 Å². The van der Waals surface area contributed by atoms with E-state index in [-0.39, 0.29) is 12.1 Å². The number of amides is 1. The van der Waals surface area contributed by atoms with Gasteiger partial charge in [0.2, 0.25) is 3.79 Å². The molecule has 0 unspecified atom stereocenters.